The number of rotatable bonds is 5. The molecule has 3 rings (SSSR count). The van der Waals surface area contributed by atoms with E-state index in [0.29, 0.717) is 12.0 Å². The lowest BCUT2D eigenvalue weighted by molar-refractivity contribution is 0.626. The topological polar surface area (TPSA) is 56.7 Å². The number of nitrogens with zero attached hydrogens (tertiary/aromatic N) is 3. The van der Waals surface area contributed by atoms with Gasteiger partial charge in [-0.2, -0.15) is 0 Å². The van der Waals surface area contributed by atoms with Crippen molar-refractivity contribution >= 4 is 11.8 Å². The molecule has 0 radical (unpaired) electrons. The Labute approximate surface area is 100.0 Å². The predicted octanol–water partition coefficient (Wildman–Crippen LogP) is 1.93. The average molecular weight is 238 g/mol. The van der Waals surface area contributed by atoms with Crippen LogP contribution in [0.15, 0.2) is 5.16 Å². The van der Waals surface area contributed by atoms with Gasteiger partial charge in [0.25, 0.3) is 0 Å². The minimum atomic E-state index is 0.221. The van der Waals surface area contributed by atoms with E-state index >= 15 is 0 Å². The highest BCUT2D eigenvalue weighted by atomic mass is 32.2. The second-order valence-electron chi connectivity index (χ2n) is 5.00. The van der Waals surface area contributed by atoms with Gasteiger partial charge in [0.15, 0.2) is 5.16 Å². The molecule has 2 aliphatic rings. The molecule has 2 aliphatic carbocycles. The highest BCUT2D eigenvalue weighted by Crippen LogP contribution is 2.45. The summed E-state index contributed by atoms with van der Waals surface area (Å²) < 4.78 is 2.38. The van der Waals surface area contributed by atoms with Crippen molar-refractivity contribution in [2.45, 2.75) is 55.8 Å². The van der Waals surface area contributed by atoms with Crippen LogP contribution in [0.2, 0.25) is 0 Å². The summed E-state index contributed by atoms with van der Waals surface area (Å²) in [5.41, 5.74) is 5.78. The largest absolute Gasteiger partial charge is 0.327 e. The molecular weight excluding hydrogens is 220 g/mol. The molecule has 1 aromatic rings. The molecule has 0 saturated heterocycles. The van der Waals surface area contributed by atoms with E-state index in [0.717, 1.165) is 10.9 Å². The first-order valence-corrected chi connectivity index (χ1v) is 7.07. The minimum Gasteiger partial charge on any atom is -0.327 e. The van der Waals surface area contributed by atoms with E-state index in [1.807, 2.05) is 6.92 Å². The van der Waals surface area contributed by atoms with Crippen LogP contribution in [0.25, 0.3) is 0 Å². The van der Waals surface area contributed by atoms with Crippen LogP contribution >= 0.6 is 11.8 Å². The first-order chi connectivity index (χ1) is 7.75. The molecule has 1 atom stereocenters. The van der Waals surface area contributed by atoms with Crippen molar-refractivity contribution < 1.29 is 0 Å². The molecule has 2 saturated carbocycles. The summed E-state index contributed by atoms with van der Waals surface area (Å²) in [6, 6.07) is 0.903. The molecule has 88 valence electrons. The standard InChI is InChI=1S/C11H18N4S/c1-7(12)6-16-11-14-13-10(8-2-3-8)15(11)9-4-5-9/h7-9H,2-6,12H2,1H3/t7-/m1/s1. The molecule has 0 bridgehead atoms. The van der Waals surface area contributed by atoms with Crippen LogP contribution in [-0.4, -0.2) is 26.6 Å². The zero-order chi connectivity index (χ0) is 11.1. The molecule has 0 aliphatic heterocycles. The van der Waals surface area contributed by atoms with E-state index in [1.165, 1.54) is 31.5 Å². The molecular formula is C11H18N4S. The molecule has 5 heteroatoms. The van der Waals surface area contributed by atoms with Gasteiger partial charge < -0.3 is 10.3 Å². The molecule has 2 fully saturated rings. The quantitative estimate of drug-likeness (QED) is 0.796. The van der Waals surface area contributed by atoms with Gasteiger partial charge in [-0.25, -0.2) is 0 Å². The Kier molecular flexibility index (Phi) is 2.67. The summed E-state index contributed by atoms with van der Waals surface area (Å²) in [7, 11) is 0. The maximum Gasteiger partial charge on any atom is 0.191 e. The van der Waals surface area contributed by atoms with Crippen LogP contribution < -0.4 is 5.73 Å². The lowest BCUT2D eigenvalue weighted by Gasteiger charge is -2.08. The van der Waals surface area contributed by atoms with Crippen LogP contribution in [0.1, 0.15) is 50.4 Å². The van der Waals surface area contributed by atoms with Gasteiger partial charge in [-0.05, 0) is 32.6 Å². The third-order valence-electron chi connectivity index (χ3n) is 3.02. The monoisotopic (exact) mass is 238 g/mol. The van der Waals surface area contributed by atoms with Crippen LogP contribution in [0.5, 0.6) is 0 Å². The first kappa shape index (κ1) is 10.6. The van der Waals surface area contributed by atoms with Gasteiger partial charge in [-0.15, -0.1) is 10.2 Å². The van der Waals surface area contributed by atoms with Crippen LogP contribution in [0, 0.1) is 0 Å². The molecule has 2 N–H and O–H groups in total. The van der Waals surface area contributed by atoms with Gasteiger partial charge in [-0.3, -0.25) is 0 Å². The number of thioether (sulfide) groups is 1. The summed E-state index contributed by atoms with van der Waals surface area (Å²) in [4.78, 5) is 0. The van der Waals surface area contributed by atoms with Gasteiger partial charge in [0.2, 0.25) is 0 Å². The smallest absolute Gasteiger partial charge is 0.191 e. The fourth-order valence-electron chi connectivity index (χ4n) is 1.89. The van der Waals surface area contributed by atoms with E-state index in [4.69, 9.17) is 5.73 Å². The maximum atomic E-state index is 5.78. The summed E-state index contributed by atoms with van der Waals surface area (Å²) in [5.74, 6) is 2.85. The summed E-state index contributed by atoms with van der Waals surface area (Å²) >= 11 is 1.75. The molecule has 16 heavy (non-hydrogen) atoms. The van der Waals surface area contributed by atoms with E-state index < -0.39 is 0 Å². The number of hydrogen-bond donors (Lipinski definition) is 1. The SMILES string of the molecule is C[C@@H](N)CSc1nnc(C2CC2)n1C1CC1. The van der Waals surface area contributed by atoms with Crippen LogP contribution in [-0.2, 0) is 0 Å². The van der Waals surface area contributed by atoms with Crippen molar-refractivity contribution in [2.24, 2.45) is 5.73 Å². The Hall–Kier alpha value is -0.550. The Morgan fingerprint density at radius 1 is 1.38 bits per heavy atom. The lowest BCUT2D eigenvalue weighted by Crippen LogP contribution is -2.18. The predicted molar refractivity (Wildman–Crippen MR) is 64.6 cm³/mol. The Morgan fingerprint density at radius 2 is 2.12 bits per heavy atom. The zero-order valence-electron chi connectivity index (χ0n) is 9.59. The van der Waals surface area contributed by atoms with Crippen molar-refractivity contribution in [3.8, 4) is 0 Å². The fraction of sp³-hybridized carbons (Fsp3) is 0.818. The van der Waals surface area contributed by atoms with E-state index in [-0.39, 0.29) is 6.04 Å². The number of aromatic nitrogens is 3. The first-order valence-electron chi connectivity index (χ1n) is 6.09. The molecule has 0 spiro atoms. The van der Waals surface area contributed by atoms with Gasteiger partial charge in [-0.1, -0.05) is 11.8 Å². The second-order valence-corrected chi connectivity index (χ2v) is 5.99. The van der Waals surface area contributed by atoms with Crippen molar-refractivity contribution in [2.75, 3.05) is 5.75 Å². The zero-order valence-corrected chi connectivity index (χ0v) is 10.4. The average Bonchev–Trinajstić information content (AvgIpc) is 3.13. The molecule has 0 aromatic carbocycles. The Balaban J connectivity index is 1.80. The van der Waals surface area contributed by atoms with Crippen LogP contribution in [0.3, 0.4) is 0 Å². The Morgan fingerprint density at radius 3 is 2.69 bits per heavy atom. The van der Waals surface area contributed by atoms with Gasteiger partial charge in [0, 0.05) is 23.8 Å². The highest BCUT2D eigenvalue weighted by Gasteiger charge is 2.36. The van der Waals surface area contributed by atoms with Gasteiger partial charge in [0.1, 0.15) is 5.82 Å². The van der Waals surface area contributed by atoms with Crippen molar-refractivity contribution in [1.82, 2.24) is 14.8 Å². The van der Waals surface area contributed by atoms with Crippen molar-refractivity contribution in [3.63, 3.8) is 0 Å². The van der Waals surface area contributed by atoms with E-state index in [1.54, 1.807) is 11.8 Å². The third kappa shape index (κ3) is 2.11. The Bertz CT molecular complexity index is 379. The van der Waals surface area contributed by atoms with Crippen LogP contribution in [0.4, 0.5) is 0 Å². The normalized spacial score (nSPS) is 22.4. The summed E-state index contributed by atoms with van der Waals surface area (Å²) in [5, 5.41) is 9.78. The van der Waals surface area contributed by atoms with Crippen molar-refractivity contribution in [1.29, 1.82) is 0 Å². The maximum absolute atomic E-state index is 5.78. The van der Waals surface area contributed by atoms with Gasteiger partial charge >= 0.3 is 0 Å². The summed E-state index contributed by atoms with van der Waals surface area (Å²) in [6.45, 7) is 2.03. The molecule has 0 unspecified atom stereocenters. The minimum absolute atomic E-state index is 0.221. The third-order valence-corrected chi connectivity index (χ3v) is 4.25. The lowest BCUT2D eigenvalue weighted by atomic mass is 10.4. The van der Waals surface area contributed by atoms with E-state index in [9.17, 15) is 0 Å². The second kappa shape index (κ2) is 4.04. The molecule has 1 heterocycles. The highest BCUT2D eigenvalue weighted by molar-refractivity contribution is 7.99. The summed E-state index contributed by atoms with van der Waals surface area (Å²) in [6.07, 6.45) is 5.18. The van der Waals surface area contributed by atoms with E-state index in [2.05, 4.69) is 14.8 Å². The van der Waals surface area contributed by atoms with Gasteiger partial charge in [0.05, 0.1) is 0 Å². The molecule has 1 aromatic heterocycles. The molecule has 0 amide bonds. The molecule has 4 nitrogen and oxygen atoms in total. The number of nitrogens with two attached hydrogens (primary N) is 1. The fourth-order valence-corrected chi connectivity index (χ4v) is 2.78. The van der Waals surface area contributed by atoms with Crippen molar-refractivity contribution in [3.05, 3.63) is 5.82 Å². The number of hydrogen-bond acceptors (Lipinski definition) is 4.